The minimum Gasteiger partial charge on any atom is -0.432 e. The van der Waals surface area contributed by atoms with Crippen LogP contribution in [-0.2, 0) is 12.9 Å². The number of hydrogen-bond donors (Lipinski definition) is 0. The molecule has 0 spiro atoms. The number of hydrogen-bond acceptors (Lipinski definition) is 6. The van der Waals surface area contributed by atoms with Gasteiger partial charge in [-0.2, -0.15) is 5.26 Å². The van der Waals surface area contributed by atoms with Gasteiger partial charge in [-0.25, -0.2) is 14.4 Å². The first-order valence-corrected chi connectivity index (χ1v) is 11.6. The minimum absolute atomic E-state index is 0.0761. The predicted molar refractivity (Wildman–Crippen MR) is 129 cm³/mol. The zero-order valence-corrected chi connectivity index (χ0v) is 19.4. The number of rotatable bonds is 5. The van der Waals surface area contributed by atoms with Gasteiger partial charge in [0.1, 0.15) is 17.5 Å². The molecule has 0 bridgehead atoms. The number of aryl methyl sites for hydroxylation is 1. The fourth-order valence-electron chi connectivity index (χ4n) is 4.22. The van der Waals surface area contributed by atoms with Crippen LogP contribution in [0.25, 0.3) is 45.2 Å². The van der Waals surface area contributed by atoms with E-state index < -0.39 is 5.82 Å². The molecular formula is C26H18ClFN6O. The van der Waals surface area contributed by atoms with Crippen molar-refractivity contribution in [2.45, 2.75) is 24.6 Å². The first-order chi connectivity index (χ1) is 17.0. The second kappa shape index (κ2) is 8.29. The van der Waals surface area contributed by atoms with E-state index in [2.05, 4.69) is 27.3 Å². The summed E-state index contributed by atoms with van der Waals surface area (Å²) < 4.78 is 22.2. The molecule has 0 radical (unpaired) electrons. The highest BCUT2D eigenvalue weighted by atomic mass is 35.5. The number of nitrogens with zero attached hydrogens (tertiary/aromatic N) is 6. The number of alkyl halides is 1. The molecule has 0 aliphatic heterocycles. The number of aromatic nitrogens is 5. The van der Waals surface area contributed by atoms with Crippen molar-refractivity contribution in [3.8, 4) is 40.2 Å². The molecule has 0 saturated heterocycles. The standard InChI is InChI=1S/C26H18ClFN6O/c1-34-13-30-33-25(34)19-6-14(12-29)2-5-18(19)17-9-21(16-3-4-16)31-23(10-17)26-32-22-8-15(11-27)7-20(28)24(22)35-26/h2,5-10,13,16H,3-4,11H2,1H3. The third-order valence-corrected chi connectivity index (χ3v) is 6.44. The number of pyridine rings is 1. The average Bonchev–Trinajstić information content (AvgIpc) is 3.50. The maximum Gasteiger partial charge on any atom is 0.246 e. The van der Waals surface area contributed by atoms with E-state index in [1.807, 2.05) is 23.7 Å². The molecule has 0 unspecified atom stereocenters. The number of halogens is 2. The summed E-state index contributed by atoms with van der Waals surface area (Å²) in [6, 6.07) is 14.7. The molecule has 6 rings (SSSR count). The van der Waals surface area contributed by atoms with Crippen LogP contribution in [0, 0.1) is 17.1 Å². The lowest BCUT2D eigenvalue weighted by Gasteiger charge is -2.12. The summed E-state index contributed by atoms with van der Waals surface area (Å²) in [4.78, 5) is 9.34. The van der Waals surface area contributed by atoms with Crippen LogP contribution in [0.1, 0.15) is 35.6 Å². The molecule has 1 aliphatic rings. The van der Waals surface area contributed by atoms with Gasteiger partial charge >= 0.3 is 0 Å². The zero-order chi connectivity index (χ0) is 24.1. The second-order valence-electron chi connectivity index (χ2n) is 8.66. The second-order valence-corrected chi connectivity index (χ2v) is 8.92. The first-order valence-electron chi connectivity index (χ1n) is 11.1. The van der Waals surface area contributed by atoms with Gasteiger partial charge in [-0.05, 0) is 65.9 Å². The monoisotopic (exact) mass is 484 g/mol. The third-order valence-electron chi connectivity index (χ3n) is 6.13. The Morgan fingerprint density at radius 1 is 1.14 bits per heavy atom. The molecule has 0 amide bonds. The Balaban J connectivity index is 1.55. The third kappa shape index (κ3) is 3.84. The van der Waals surface area contributed by atoms with Gasteiger partial charge in [-0.15, -0.1) is 21.8 Å². The van der Waals surface area contributed by atoms with E-state index >= 15 is 0 Å². The molecule has 9 heteroatoms. The normalized spacial score (nSPS) is 13.3. The lowest BCUT2D eigenvalue weighted by molar-refractivity contribution is 0.562. The molecule has 1 fully saturated rings. The molecular weight excluding hydrogens is 467 g/mol. The van der Waals surface area contributed by atoms with Gasteiger partial charge in [-0.1, -0.05) is 6.07 Å². The summed E-state index contributed by atoms with van der Waals surface area (Å²) in [7, 11) is 1.85. The highest BCUT2D eigenvalue weighted by Crippen LogP contribution is 2.42. The van der Waals surface area contributed by atoms with Crippen molar-refractivity contribution in [3.63, 3.8) is 0 Å². The Bertz CT molecular complexity index is 1650. The number of benzene rings is 2. The predicted octanol–water partition coefficient (Wildman–Crippen LogP) is 5.98. The van der Waals surface area contributed by atoms with Gasteiger partial charge < -0.3 is 8.98 Å². The van der Waals surface area contributed by atoms with E-state index in [1.54, 1.807) is 24.5 Å². The summed E-state index contributed by atoms with van der Waals surface area (Å²) in [5.74, 6) is 0.906. The Kier molecular flexibility index (Phi) is 5.08. The molecule has 0 N–H and O–H groups in total. The molecule has 1 aliphatic carbocycles. The van der Waals surface area contributed by atoms with E-state index in [-0.39, 0.29) is 17.4 Å². The SMILES string of the molecule is Cn1cnnc1-c1cc(C#N)ccc1-c1cc(-c2nc3cc(CCl)cc(F)c3o2)nc(C2CC2)c1. The largest absolute Gasteiger partial charge is 0.432 e. The van der Waals surface area contributed by atoms with Crippen molar-refractivity contribution >= 4 is 22.7 Å². The molecule has 1 saturated carbocycles. The van der Waals surface area contributed by atoms with E-state index in [0.29, 0.717) is 34.1 Å². The zero-order valence-electron chi connectivity index (χ0n) is 18.7. The number of nitriles is 1. The Morgan fingerprint density at radius 3 is 2.71 bits per heavy atom. The fraction of sp³-hybridized carbons (Fsp3) is 0.192. The van der Waals surface area contributed by atoms with Crippen molar-refractivity contribution in [2.75, 3.05) is 0 Å². The summed E-state index contributed by atoms with van der Waals surface area (Å²) in [6.45, 7) is 0. The van der Waals surface area contributed by atoms with E-state index in [0.717, 1.165) is 35.2 Å². The van der Waals surface area contributed by atoms with Crippen molar-refractivity contribution in [1.82, 2.24) is 24.7 Å². The lowest BCUT2D eigenvalue weighted by atomic mass is 9.96. The molecule has 2 aromatic carbocycles. The topological polar surface area (TPSA) is 93.4 Å². The summed E-state index contributed by atoms with van der Waals surface area (Å²) in [6.07, 6.45) is 3.73. The molecule has 5 aromatic rings. The quantitative estimate of drug-likeness (QED) is 0.285. The van der Waals surface area contributed by atoms with Crippen molar-refractivity contribution in [3.05, 3.63) is 71.4 Å². The van der Waals surface area contributed by atoms with Gasteiger partial charge in [0.15, 0.2) is 17.2 Å². The van der Waals surface area contributed by atoms with Gasteiger partial charge in [0, 0.05) is 30.1 Å². The van der Waals surface area contributed by atoms with Gasteiger partial charge in [0.25, 0.3) is 0 Å². The van der Waals surface area contributed by atoms with Crippen LogP contribution in [0.15, 0.2) is 53.2 Å². The maximum absolute atomic E-state index is 14.6. The van der Waals surface area contributed by atoms with E-state index in [4.69, 9.17) is 21.0 Å². The van der Waals surface area contributed by atoms with Gasteiger partial charge in [-0.3, -0.25) is 0 Å². The summed E-state index contributed by atoms with van der Waals surface area (Å²) >= 11 is 5.90. The fourth-order valence-corrected chi connectivity index (χ4v) is 4.37. The maximum atomic E-state index is 14.6. The van der Waals surface area contributed by atoms with E-state index in [1.165, 1.54) is 6.07 Å². The van der Waals surface area contributed by atoms with Gasteiger partial charge in [0.05, 0.1) is 11.6 Å². The van der Waals surface area contributed by atoms with Crippen molar-refractivity contribution in [1.29, 1.82) is 5.26 Å². The van der Waals surface area contributed by atoms with Crippen LogP contribution in [0.5, 0.6) is 0 Å². The molecule has 172 valence electrons. The Labute approximate surface area is 204 Å². The van der Waals surface area contributed by atoms with Crippen LogP contribution in [0.3, 0.4) is 0 Å². The molecule has 35 heavy (non-hydrogen) atoms. The first kappa shape index (κ1) is 21.4. The molecule has 7 nitrogen and oxygen atoms in total. The molecule has 3 heterocycles. The van der Waals surface area contributed by atoms with Crippen LogP contribution >= 0.6 is 11.6 Å². The smallest absolute Gasteiger partial charge is 0.246 e. The van der Waals surface area contributed by atoms with Gasteiger partial charge in [0.2, 0.25) is 5.89 Å². The van der Waals surface area contributed by atoms with Crippen LogP contribution in [-0.4, -0.2) is 24.7 Å². The summed E-state index contributed by atoms with van der Waals surface area (Å²) in [5.41, 5.74) is 5.59. The minimum atomic E-state index is -0.507. The number of oxazole rings is 1. The van der Waals surface area contributed by atoms with Crippen LogP contribution < -0.4 is 0 Å². The Hall–Kier alpha value is -4.09. The highest BCUT2D eigenvalue weighted by molar-refractivity contribution is 6.17. The highest BCUT2D eigenvalue weighted by Gasteiger charge is 2.27. The van der Waals surface area contributed by atoms with Crippen molar-refractivity contribution in [2.24, 2.45) is 7.05 Å². The lowest BCUT2D eigenvalue weighted by Crippen LogP contribution is -1.97. The van der Waals surface area contributed by atoms with Crippen LogP contribution in [0.2, 0.25) is 0 Å². The van der Waals surface area contributed by atoms with Crippen LogP contribution in [0.4, 0.5) is 4.39 Å². The summed E-state index contributed by atoms with van der Waals surface area (Å²) in [5, 5.41) is 17.7. The number of fused-ring (bicyclic) bond motifs is 1. The van der Waals surface area contributed by atoms with E-state index in [9.17, 15) is 9.65 Å². The molecule has 3 aromatic heterocycles. The van der Waals surface area contributed by atoms with Crippen molar-refractivity contribution < 1.29 is 8.81 Å². The molecule has 0 atom stereocenters. The average molecular weight is 485 g/mol. The Morgan fingerprint density at radius 2 is 2.00 bits per heavy atom.